The van der Waals surface area contributed by atoms with E-state index in [9.17, 15) is 4.39 Å². The van der Waals surface area contributed by atoms with E-state index >= 15 is 0 Å². The Kier molecular flexibility index (Phi) is 6.38. The minimum atomic E-state index is -0.172. The Morgan fingerprint density at radius 1 is 1.44 bits per heavy atom. The number of nitrogens with one attached hydrogen (secondary N) is 1. The van der Waals surface area contributed by atoms with Crippen LogP contribution in [0.15, 0.2) is 24.3 Å². The average molecular weight is 246 g/mol. The molecule has 0 aliphatic rings. The van der Waals surface area contributed by atoms with Crippen LogP contribution in [0, 0.1) is 5.82 Å². The molecule has 1 aromatic carbocycles. The molecule has 2 nitrogen and oxygen atoms in total. The minimum absolute atomic E-state index is 0.0121. The molecule has 1 atom stereocenters. The summed E-state index contributed by atoms with van der Waals surface area (Å²) >= 11 is 5.95. The number of rotatable bonds is 7. The van der Waals surface area contributed by atoms with E-state index in [1.165, 1.54) is 6.07 Å². The van der Waals surface area contributed by atoms with Crippen molar-refractivity contribution >= 4 is 11.6 Å². The molecule has 90 valence electrons. The summed E-state index contributed by atoms with van der Waals surface area (Å²) < 4.78 is 18.1. The van der Waals surface area contributed by atoms with Gasteiger partial charge in [-0.25, -0.2) is 4.39 Å². The Labute approximate surface area is 101 Å². The Morgan fingerprint density at radius 2 is 2.19 bits per heavy atom. The summed E-state index contributed by atoms with van der Waals surface area (Å²) in [5, 5.41) is 3.16. The van der Waals surface area contributed by atoms with Gasteiger partial charge in [0.25, 0.3) is 0 Å². The van der Waals surface area contributed by atoms with E-state index in [0.717, 1.165) is 13.0 Å². The van der Waals surface area contributed by atoms with Crippen LogP contribution in [0.25, 0.3) is 0 Å². The quantitative estimate of drug-likeness (QED) is 0.589. The van der Waals surface area contributed by atoms with Crippen molar-refractivity contribution in [2.45, 2.75) is 18.3 Å². The van der Waals surface area contributed by atoms with E-state index < -0.39 is 0 Å². The molecule has 0 amide bonds. The zero-order chi connectivity index (χ0) is 11.8. The SMILES string of the molecule is COCC(Cl)CCNCc1ccccc1F. The highest BCUT2D eigenvalue weighted by atomic mass is 35.5. The fourth-order valence-corrected chi connectivity index (χ4v) is 1.62. The van der Waals surface area contributed by atoms with Gasteiger partial charge in [0.2, 0.25) is 0 Å². The van der Waals surface area contributed by atoms with E-state index in [4.69, 9.17) is 16.3 Å². The largest absolute Gasteiger partial charge is 0.383 e. The van der Waals surface area contributed by atoms with Crippen LogP contribution >= 0.6 is 11.6 Å². The van der Waals surface area contributed by atoms with Crippen molar-refractivity contribution in [1.29, 1.82) is 0 Å². The molecule has 0 radical (unpaired) electrons. The molecule has 0 heterocycles. The van der Waals surface area contributed by atoms with Gasteiger partial charge >= 0.3 is 0 Å². The lowest BCUT2D eigenvalue weighted by molar-refractivity contribution is 0.195. The van der Waals surface area contributed by atoms with Crippen molar-refractivity contribution in [2.75, 3.05) is 20.3 Å². The number of benzene rings is 1. The monoisotopic (exact) mass is 245 g/mol. The maximum atomic E-state index is 13.2. The van der Waals surface area contributed by atoms with Crippen LogP contribution in [-0.2, 0) is 11.3 Å². The maximum absolute atomic E-state index is 13.2. The second kappa shape index (κ2) is 7.60. The fraction of sp³-hybridized carbons (Fsp3) is 0.500. The summed E-state index contributed by atoms with van der Waals surface area (Å²) in [5.74, 6) is -0.172. The maximum Gasteiger partial charge on any atom is 0.127 e. The molecule has 1 unspecified atom stereocenters. The lowest BCUT2D eigenvalue weighted by Gasteiger charge is -2.09. The van der Waals surface area contributed by atoms with E-state index in [-0.39, 0.29) is 11.2 Å². The van der Waals surface area contributed by atoms with Gasteiger partial charge in [0, 0.05) is 19.2 Å². The van der Waals surface area contributed by atoms with E-state index in [1.807, 2.05) is 6.07 Å². The zero-order valence-corrected chi connectivity index (χ0v) is 10.1. The molecule has 0 aliphatic carbocycles. The third-order valence-electron chi connectivity index (χ3n) is 2.26. The summed E-state index contributed by atoms with van der Waals surface area (Å²) in [4.78, 5) is 0. The van der Waals surface area contributed by atoms with Crippen molar-refractivity contribution in [3.05, 3.63) is 35.6 Å². The van der Waals surface area contributed by atoms with Gasteiger partial charge in [0.05, 0.1) is 12.0 Å². The zero-order valence-electron chi connectivity index (χ0n) is 9.38. The molecular weight excluding hydrogens is 229 g/mol. The minimum Gasteiger partial charge on any atom is -0.383 e. The Morgan fingerprint density at radius 3 is 2.88 bits per heavy atom. The molecule has 1 aromatic rings. The first kappa shape index (κ1) is 13.4. The number of ether oxygens (including phenoxy) is 1. The van der Waals surface area contributed by atoms with Crippen LogP contribution in [0.5, 0.6) is 0 Å². The molecule has 4 heteroatoms. The topological polar surface area (TPSA) is 21.3 Å². The molecule has 0 spiro atoms. The normalized spacial score (nSPS) is 12.7. The third kappa shape index (κ3) is 4.92. The molecule has 0 saturated heterocycles. The molecule has 0 bridgehead atoms. The fourth-order valence-electron chi connectivity index (χ4n) is 1.39. The molecule has 0 aromatic heterocycles. The molecule has 0 aliphatic heterocycles. The molecule has 16 heavy (non-hydrogen) atoms. The van der Waals surface area contributed by atoms with Gasteiger partial charge in [-0.15, -0.1) is 11.6 Å². The first-order valence-electron chi connectivity index (χ1n) is 5.31. The van der Waals surface area contributed by atoms with Gasteiger partial charge in [0.1, 0.15) is 5.82 Å². The Bertz CT molecular complexity index is 309. The van der Waals surface area contributed by atoms with Crippen LogP contribution in [0.2, 0.25) is 0 Å². The van der Waals surface area contributed by atoms with E-state index in [1.54, 1.807) is 19.2 Å². The average Bonchev–Trinajstić information content (AvgIpc) is 2.27. The molecule has 0 fully saturated rings. The second-order valence-electron chi connectivity index (χ2n) is 3.61. The third-order valence-corrected chi connectivity index (χ3v) is 2.60. The summed E-state index contributed by atoms with van der Waals surface area (Å²) in [7, 11) is 1.63. The summed E-state index contributed by atoms with van der Waals surface area (Å²) in [6.45, 7) is 1.83. The van der Waals surface area contributed by atoms with Gasteiger partial charge in [-0.05, 0) is 19.0 Å². The van der Waals surface area contributed by atoms with E-state index in [2.05, 4.69) is 5.32 Å². The van der Waals surface area contributed by atoms with Gasteiger partial charge in [-0.3, -0.25) is 0 Å². The van der Waals surface area contributed by atoms with Crippen molar-refractivity contribution in [2.24, 2.45) is 0 Å². The van der Waals surface area contributed by atoms with Gasteiger partial charge in [0.15, 0.2) is 0 Å². The number of methoxy groups -OCH3 is 1. The van der Waals surface area contributed by atoms with Crippen molar-refractivity contribution in [3.8, 4) is 0 Å². The second-order valence-corrected chi connectivity index (χ2v) is 4.23. The number of alkyl halides is 1. The van der Waals surface area contributed by atoms with Crippen molar-refractivity contribution in [3.63, 3.8) is 0 Å². The summed E-state index contributed by atoms with van der Waals surface area (Å²) in [6, 6.07) is 6.75. The molecule has 1 rings (SSSR count). The Hall–Kier alpha value is -0.640. The van der Waals surface area contributed by atoms with Crippen LogP contribution in [0.1, 0.15) is 12.0 Å². The van der Waals surface area contributed by atoms with Crippen LogP contribution in [0.4, 0.5) is 4.39 Å². The van der Waals surface area contributed by atoms with Crippen molar-refractivity contribution in [1.82, 2.24) is 5.32 Å². The summed E-state index contributed by atoms with van der Waals surface area (Å²) in [5.41, 5.74) is 0.681. The van der Waals surface area contributed by atoms with Gasteiger partial charge in [-0.1, -0.05) is 18.2 Å². The molecular formula is C12H17ClFNO. The van der Waals surface area contributed by atoms with Crippen molar-refractivity contribution < 1.29 is 9.13 Å². The lowest BCUT2D eigenvalue weighted by Crippen LogP contribution is -2.20. The highest BCUT2D eigenvalue weighted by Crippen LogP contribution is 2.06. The first-order valence-corrected chi connectivity index (χ1v) is 5.75. The van der Waals surface area contributed by atoms with Gasteiger partial charge < -0.3 is 10.1 Å². The lowest BCUT2D eigenvalue weighted by atomic mass is 10.2. The molecule has 1 N–H and O–H groups in total. The predicted molar refractivity (Wildman–Crippen MR) is 64.2 cm³/mol. The molecule has 0 saturated carbocycles. The number of hydrogen-bond donors (Lipinski definition) is 1. The predicted octanol–water partition coefficient (Wildman–Crippen LogP) is 2.56. The van der Waals surface area contributed by atoms with Crippen LogP contribution in [0.3, 0.4) is 0 Å². The van der Waals surface area contributed by atoms with E-state index in [0.29, 0.717) is 18.7 Å². The standard InChI is InChI=1S/C12H17ClFNO/c1-16-9-11(13)6-7-15-8-10-4-2-3-5-12(10)14/h2-5,11,15H,6-9H2,1H3. The smallest absolute Gasteiger partial charge is 0.127 e. The van der Waals surface area contributed by atoms with Gasteiger partial charge in [-0.2, -0.15) is 0 Å². The number of halogens is 2. The first-order chi connectivity index (χ1) is 7.74. The highest BCUT2D eigenvalue weighted by molar-refractivity contribution is 6.20. The van der Waals surface area contributed by atoms with Crippen LogP contribution < -0.4 is 5.32 Å². The summed E-state index contributed by atoms with van der Waals surface area (Å²) in [6.07, 6.45) is 0.809. The Balaban J connectivity index is 2.19. The van der Waals surface area contributed by atoms with Crippen LogP contribution in [-0.4, -0.2) is 25.6 Å². The number of hydrogen-bond acceptors (Lipinski definition) is 2. The highest BCUT2D eigenvalue weighted by Gasteiger charge is 2.04.